The molecule has 10 heteroatoms. The van der Waals surface area contributed by atoms with Gasteiger partial charge in [-0.3, -0.25) is 14.9 Å². The van der Waals surface area contributed by atoms with Gasteiger partial charge < -0.3 is 0 Å². The number of tetrazole rings is 1. The number of benzene rings is 2. The molecule has 0 bridgehead atoms. The quantitative estimate of drug-likeness (QED) is 0.446. The van der Waals surface area contributed by atoms with E-state index in [1.807, 2.05) is 24.3 Å². The van der Waals surface area contributed by atoms with E-state index < -0.39 is 0 Å². The summed E-state index contributed by atoms with van der Waals surface area (Å²) in [5, 5.41) is 21.2. The average molecular weight is 476 g/mol. The fourth-order valence-electron chi connectivity index (χ4n) is 4.46. The second kappa shape index (κ2) is 9.56. The standard InChI is InChI=1S/C24H22ClN7O2/c25-19-6-2-3-16(14-19)15-7-9-20(10-8-15)32-22(33)12-11-21(29-32)17-4-1-5-18(13-17)23(34)26-24-27-30-31-28-24/h1-6,11-15,20H,7-10H2,(H2,26,27,28,30,31,34)/t15-,20-. The van der Waals surface area contributed by atoms with Crippen molar-refractivity contribution in [3.05, 3.63) is 87.2 Å². The van der Waals surface area contributed by atoms with Crippen LogP contribution in [-0.4, -0.2) is 36.3 Å². The Hall–Kier alpha value is -3.85. The second-order valence-electron chi connectivity index (χ2n) is 8.33. The van der Waals surface area contributed by atoms with Crippen LogP contribution in [0.1, 0.15) is 53.6 Å². The van der Waals surface area contributed by atoms with Gasteiger partial charge in [0.1, 0.15) is 0 Å². The zero-order chi connectivity index (χ0) is 23.5. The molecule has 1 fully saturated rings. The number of nitrogens with one attached hydrogen (secondary N) is 2. The Morgan fingerprint density at radius 1 is 1.03 bits per heavy atom. The van der Waals surface area contributed by atoms with E-state index in [4.69, 9.17) is 11.6 Å². The number of hydrogen-bond donors (Lipinski definition) is 2. The van der Waals surface area contributed by atoms with Crippen molar-refractivity contribution in [1.82, 2.24) is 30.4 Å². The van der Waals surface area contributed by atoms with Crippen LogP contribution >= 0.6 is 11.6 Å². The number of nitrogens with zero attached hydrogens (tertiary/aromatic N) is 5. The molecule has 0 aliphatic heterocycles. The molecule has 9 nitrogen and oxygen atoms in total. The predicted molar refractivity (Wildman–Crippen MR) is 128 cm³/mol. The monoisotopic (exact) mass is 475 g/mol. The van der Waals surface area contributed by atoms with Gasteiger partial charge in [-0.2, -0.15) is 10.3 Å². The van der Waals surface area contributed by atoms with Gasteiger partial charge in [0, 0.05) is 22.2 Å². The van der Waals surface area contributed by atoms with Crippen LogP contribution in [0.2, 0.25) is 5.02 Å². The molecule has 2 N–H and O–H groups in total. The SMILES string of the molecule is O=C(Nc1nn[nH]n1)c1cccc(-c2ccc(=O)n([C@H]3CC[C@H](c4cccc(Cl)c4)CC3)n2)c1. The molecular formula is C24H22ClN7O2. The maximum atomic E-state index is 12.6. The molecule has 1 aliphatic carbocycles. The largest absolute Gasteiger partial charge is 0.288 e. The molecule has 34 heavy (non-hydrogen) atoms. The van der Waals surface area contributed by atoms with Crippen LogP contribution in [0, 0.1) is 0 Å². The zero-order valence-electron chi connectivity index (χ0n) is 18.2. The van der Waals surface area contributed by atoms with Gasteiger partial charge in [0.2, 0.25) is 0 Å². The Kier molecular flexibility index (Phi) is 6.18. The highest BCUT2D eigenvalue weighted by Gasteiger charge is 2.25. The van der Waals surface area contributed by atoms with E-state index >= 15 is 0 Å². The third kappa shape index (κ3) is 4.74. The van der Waals surface area contributed by atoms with Crippen molar-refractivity contribution in [2.45, 2.75) is 37.6 Å². The van der Waals surface area contributed by atoms with Gasteiger partial charge in [-0.15, -0.1) is 5.10 Å². The Morgan fingerprint density at radius 3 is 2.62 bits per heavy atom. The van der Waals surface area contributed by atoms with E-state index in [0.29, 0.717) is 17.2 Å². The van der Waals surface area contributed by atoms with E-state index in [9.17, 15) is 9.59 Å². The number of aromatic amines is 1. The van der Waals surface area contributed by atoms with Gasteiger partial charge in [-0.25, -0.2) is 4.68 Å². The molecule has 1 amide bonds. The molecule has 0 unspecified atom stereocenters. The molecule has 172 valence electrons. The molecule has 0 spiro atoms. The minimum absolute atomic E-state index is 0.0348. The number of amides is 1. The molecule has 2 aromatic carbocycles. The molecular weight excluding hydrogens is 454 g/mol. The number of aromatic nitrogens is 6. The molecule has 5 rings (SSSR count). The highest BCUT2D eigenvalue weighted by Crippen LogP contribution is 2.38. The highest BCUT2D eigenvalue weighted by molar-refractivity contribution is 6.30. The fourth-order valence-corrected chi connectivity index (χ4v) is 4.66. The van der Waals surface area contributed by atoms with E-state index in [2.05, 4.69) is 37.1 Å². The second-order valence-corrected chi connectivity index (χ2v) is 8.77. The lowest BCUT2D eigenvalue weighted by atomic mass is 9.82. The van der Waals surface area contributed by atoms with Crippen LogP contribution in [0.4, 0.5) is 5.95 Å². The third-order valence-corrected chi connectivity index (χ3v) is 6.41. The van der Waals surface area contributed by atoms with Crippen molar-refractivity contribution in [1.29, 1.82) is 0 Å². The lowest BCUT2D eigenvalue weighted by Gasteiger charge is -2.29. The summed E-state index contributed by atoms with van der Waals surface area (Å²) in [6, 6.07) is 18.3. The summed E-state index contributed by atoms with van der Waals surface area (Å²) in [6.07, 6.45) is 3.66. The molecule has 0 atom stereocenters. The van der Waals surface area contributed by atoms with Gasteiger partial charge in [-0.1, -0.05) is 41.0 Å². The van der Waals surface area contributed by atoms with Crippen LogP contribution in [0.15, 0.2) is 65.5 Å². The maximum Gasteiger partial charge on any atom is 0.270 e. The predicted octanol–water partition coefficient (Wildman–Crippen LogP) is 4.23. The zero-order valence-corrected chi connectivity index (χ0v) is 18.9. The number of anilines is 1. The van der Waals surface area contributed by atoms with Crippen LogP contribution in [-0.2, 0) is 0 Å². The minimum Gasteiger partial charge on any atom is -0.288 e. The molecule has 2 aromatic heterocycles. The summed E-state index contributed by atoms with van der Waals surface area (Å²) in [5.41, 5.74) is 2.91. The van der Waals surface area contributed by atoms with Crippen LogP contribution in [0.3, 0.4) is 0 Å². The summed E-state index contributed by atoms with van der Waals surface area (Å²) in [5.74, 6) is 0.162. The van der Waals surface area contributed by atoms with E-state index in [1.165, 1.54) is 11.6 Å². The van der Waals surface area contributed by atoms with E-state index in [0.717, 1.165) is 36.3 Å². The first-order valence-electron chi connectivity index (χ1n) is 11.1. The normalized spacial score (nSPS) is 17.9. The number of hydrogen-bond acceptors (Lipinski definition) is 6. The molecule has 1 aliphatic rings. The summed E-state index contributed by atoms with van der Waals surface area (Å²) in [6.45, 7) is 0. The van der Waals surface area contributed by atoms with Crippen molar-refractivity contribution in [2.75, 3.05) is 5.32 Å². The van der Waals surface area contributed by atoms with Gasteiger partial charge in [0.15, 0.2) is 0 Å². The maximum absolute atomic E-state index is 12.6. The first-order valence-corrected chi connectivity index (χ1v) is 11.5. The topological polar surface area (TPSA) is 118 Å². The van der Waals surface area contributed by atoms with Crippen LogP contribution in [0.25, 0.3) is 11.3 Å². The van der Waals surface area contributed by atoms with Crippen molar-refractivity contribution in [3.63, 3.8) is 0 Å². The van der Waals surface area contributed by atoms with Crippen molar-refractivity contribution < 1.29 is 4.79 Å². The van der Waals surface area contributed by atoms with Crippen LogP contribution < -0.4 is 10.9 Å². The molecule has 1 saturated carbocycles. The first-order chi connectivity index (χ1) is 16.6. The number of carbonyl (C=O) groups excluding carboxylic acids is 1. The van der Waals surface area contributed by atoms with E-state index in [-0.39, 0.29) is 23.5 Å². The Balaban J connectivity index is 1.33. The van der Waals surface area contributed by atoms with Crippen molar-refractivity contribution in [3.8, 4) is 11.3 Å². The number of H-pyrrole nitrogens is 1. The number of carbonyl (C=O) groups is 1. The minimum atomic E-state index is -0.365. The highest BCUT2D eigenvalue weighted by atomic mass is 35.5. The van der Waals surface area contributed by atoms with Gasteiger partial charge >= 0.3 is 0 Å². The third-order valence-electron chi connectivity index (χ3n) is 6.18. The van der Waals surface area contributed by atoms with Gasteiger partial charge in [-0.05, 0) is 72.7 Å². The van der Waals surface area contributed by atoms with E-state index in [1.54, 1.807) is 28.9 Å². The molecule has 0 radical (unpaired) electrons. The lowest BCUT2D eigenvalue weighted by molar-refractivity contribution is 0.102. The Bertz CT molecular complexity index is 1360. The van der Waals surface area contributed by atoms with Crippen molar-refractivity contribution in [2.24, 2.45) is 0 Å². The number of rotatable bonds is 5. The Morgan fingerprint density at radius 2 is 1.85 bits per heavy atom. The first kappa shape index (κ1) is 22.0. The number of halogens is 1. The fraction of sp³-hybridized carbons (Fsp3) is 0.250. The lowest BCUT2D eigenvalue weighted by Crippen LogP contribution is -2.29. The smallest absolute Gasteiger partial charge is 0.270 e. The molecule has 2 heterocycles. The van der Waals surface area contributed by atoms with Crippen molar-refractivity contribution >= 4 is 23.5 Å². The van der Waals surface area contributed by atoms with Gasteiger partial charge in [0.05, 0.1) is 11.7 Å². The summed E-state index contributed by atoms with van der Waals surface area (Å²) < 4.78 is 1.59. The average Bonchev–Trinajstić information content (AvgIpc) is 3.38. The summed E-state index contributed by atoms with van der Waals surface area (Å²) in [7, 11) is 0. The van der Waals surface area contributed by atoms with Gasteiger partial charge in [0.25, 0.3) is 17.4 Å². The summed E-state index contributed by atoms with van der Waals surface area (Å²) in [4.78, 5) is 25.2. The molecule has 4 aromatic rings. The Labute approximate surface area is 200 Å². The van der Waals surface area contributed by atoms with Crippen LogP contribution in [0.5, 0.6) is 0 Å². The summed E-state index contributed by atoms with van der Waals surface area (Å²) >= 11 is 6.16. The molecule has 0 saturated heterocycles.